The molecule has 0 aliphatic carbocycles. The molecular weight excluding hydrogens is 478 g/mol. The van der Waals surface area contributed by atoms with Crippen molar-refractivity contribution in [1.29, 1.82) is 5.41 Å². The summed E-state index contributed by atoms with van der Waals surface area (Å²) >= 11 is 6.41. The van der Waals surface area contributed by atoms with E-state index in [1.54, 1.807) is 19.1 Å². The minimum Gasteiger partial charge on any atom is -0.493 e. The van der Waals surface area contributed by atoms with E-state index in [9.17, 15) is 9.59 Å². The summed E-state index contributed by atoms with van der Waals surface area (Å²) in [5.41, 5.74) is 0.620. The highest BCUT2D eigenvalue weighted by Gasteiger charge is 2.34. The number of nitrogens with zero attached hydrogens (tertiary/aromatic N) is 2. The fraction of sp³-hybridized carbons (Fsp3) is 0.167. The second kappa shape index (κ2) is 9.51. The van der Waals surface area contributed by atoms with Gasteiger partial charge in [0.2, 0.25) is 0 Å². The van der Waals surface area contributed by atoms with Crippen LogP contribution in [0.3, 0.4) is 0 Å². The zero-order valence-corrected chi connectivity index (χ0v) is 19.9. The molecule has 0 saturated heterocycles. The van der Waals surface area contributed by atoms with Gasteiger partial charge >= 0.3 is 5.97 Å². The Morgan fingerprint density at radius 2 is 1.80 bits per heavy atom. The Balaban J connectivity index is 1.63. The number of hydrogen-bond acceptors (Lipinski definition) is 8. The van der Waals surface area contributed by atoms with E-state index in [4.69, 9.17) is 40.8 Å². The quantitative estimate of drug-likeness (QED) is 0.361. The normalized spacial score (nSPS) is 15.8. The van der Waals surface area contributed by atoms with Crippen molar-refractivity contribution in [3.8, 4) is 23.0 Å². The van der Waals surface area contributed by atoms with E-state index in [1.807, 2.05) is 0 Å². The van der Waals surface area contributed by atoms with Gasteiger partial charge in [-0.2, -0.15) is 4.99 Å². The molecule has 0 unspecified atom stereocenters. The molecule has 2 aliphatic rings. The number of allylic oxidation sites excluding steroid dienone is 1. The van der Waals surface area contributed by atoms with Gasteiger partial charge in [0.25, 0.3) is 5.91 Å². The lowest BCUT2D eigenvalue weighted by atomic mass is 10.1. The second-order valence-corrected chi connectivity index (χ2v) is 7.72. The highest BCUT2D eigenvalue weighted by atomic mass is 35.5. The van der Waals surface area contributed by atoms with Crippen molar-refractivity contribution in [2.24, 2.45) is 4.99 Å². The van der Waals surface area contributed by atoms with Crippen LogP contribution in [0, 0.1) is 5.41 Å². The van der Waals surface area contributed by atoms with Crippen LogP contribution in [-0.2, 0) is 9.63 Å². The topological polar surface area (TPSA) is 120 Å². The van der Waals surface area contributed by atoms with Crippen LogP contribution in [0.25, 0.3) is 6.08 Å². The maximum atomic E-state index is 12.8. The standard InChI is InChI=1S/C24H20ClN3O7/c1-12-7-20-27-23(29)15(22(26)28(20)35-12)8-13-9-16(25)21(19(10-13)33-4)34-24(30)14-5-6-17(31-2)18(11-14)32-3/h5-11,26H,1-4H3/b15-8+,26-22?. The van der Waals surface area contributed by atoms with E-state index in [0.717, 1.165) is 5.06 Å². The van der Waals surface area contributed by atoms with Gasteiger partial charge in [-0.1, -0.05) is 11.6 Å². The number of fused-ring (bicyclic) bond motifs is 1. The molecule has 0 bridgehead atoms. The largest absolute Gasteiger partial charge is 0.493 e. The molecule has 180 valence electrons. The molecule has 11 heteroatoms. The smallest absolute Gasteiger partial charge is 0.343 e. The highest BCUT2D eigenvalue weighted by Crippen LogP contribution is 2.38. The van der Waals surface area contributed by atoms with E-state index < -0.39 is 11.9 Å². The first-order valence-electron chi connectivity index (χ1n) is 10.2. The molecule has 1 N–H and O–H groups in total. The molecule has 0 saturated carbocycles. The predicted octanol–water partition coefficient (Wildman–Crippen LogP) is 4.04. The highest BCUT2D eigenvalue weighted by molar-refractivity contribution is 6.34. The van der Waals surface area contributed by atoms with E-state index >= 15 is 0 Å². The Bertz CT molecular complexity index is 1350. The molecule has 1 amide bonds. The number of methoxy groups -OCH3 is 3. The zero-order valence-electron chi connectivity index (χ0n) is 19.2. The summed E-state index contributed by atoms with van der Waals surface area (Å²) in [6, 6.07) is 7.57. The van der Waals surface area contributed by atoms with E-state index in [0.29, 0.717) is 22.8 Å². The monoisotopic (exact) mass is 497 g/mol. The van der Waals surface area contributed by atoms with Gasteiger partial charge in [-0.25, -0.2) is 4.79 Å². The first kappa shape index (κ1) is 23.8. The molecule has 2 aromatic rings. The van der Waals surface area contributed by atoms with Crippen molar-refractivity contribution in [1.82, 2.24) is 5.06 Å². The van der Waals surface area contributed by atoms with Gasteiger partial charge in [-0.3, -0.25) is 10.2 Å². The number of halogens is 1. The number of ether oxygens (including phenoxy) is 4. The van der Waals surface area contributed by atoms with E-state index in [-0.39, 0.29) is 39.3 Å². The SMILES string of the molecule is COc1ccc(C(=O)Oc2c(Cl)cc(/C=C3\C(=N)N4OC(C)=CC4=NC3=O)cc2OC)cc1OC. The molecule has 0 atom stereocenters. The third kappa shape index (κ3) is 4.56. The Hall–Kier alpha value is -4.31. The van der Waals surface area contributed by atoms with Crippen LogP contribution >= 0.6 is 11.6 Å². The first-order chi connectivity index (χ1) is 16.7. The van der Waals surface area contributed by atoms with Crippen LogP contribution in [-0.4, -0.2) is 49.9 Å². The van der Waals surface area contributed by atoms with Crippen LogP contribution in [0.4, 0.5) is 0 Å². The van der Waals surface area contributed by atoms with Gasteiger partial charge in [0.15, 0.2) is 34.7 Å². The Morgan fingerprint density at radius 3 is 2.49 bits per heavy atom. The summed E-state index contributed by atoms with van der Waals surface area (Å²) in [6.07, 6.45) is 2.99. The molecule has 0 fully saturated rings. The first-order valence-corrected chi connectivity index (χ1v) is 10.5. The molecule has 4 rings (SSSR count). The third-order valence-corrected chi connectivity index (χ3v) is 5.34. The number of rotatable bonds is 6. The molecule has 10 nitrogen and oxygen atoms in total. The molecule has 0 aromatic heterocycles. The molecular formula is C24H20ClN3O7. The number of amidine groups is 2. The average Bonchev–Trinajstić information content (AvgIpc) is 3.22. The molecule has 2 heterocycles. The summed E-state index contributed by atoms with van der Waals surface area (Å²) in [6.45, 7) is 1.69. The number of aliphatic imine (C=N–C) groups is 1. The lowest BCUT2D eigenvalue weighted by molar-refractivity contribution is -0.114. The minimum absolute atomic E-state index is 0.00922. The fourth-order valence-electron chi connectivity index (χ4n) is 3.40. The minimum atomic E-state index is -0.697. The lowest BCUT2D eigenvalue weighted by Crippen LogP contribution is -2.38. The van der Waals surface area contributed by atoms with Gasteiger partial charge in [-0.15, -0.1) is 5.06 Å². The lowest BCUT2D eigenvalue weighted by Gasteiger charge is -2.23. The number of hydrogen-bond donors (Lipinski definition) is 1. The Kier molecular flexibility index (Phi) is 6.48. The number of amides is 1. The second-order valence-electron chi connectivity index (χ2n) is 7.32. The average molecular weight is 498 g/mol. The van der Waals surface area contributed by atoms with Gasteiger partial charge in [-0.05, 0) is 48.9 Å². The number of benzene rings is 2. The molecule has 0 spiro atoms. The summed E-state index contributed by atoms with van der Waals surface area (Å²) in [7, 11) is 4.32. The van der Waals surface area contributed by atoms with E-state index in [1.165, 1.54) is 51.7 Å². The molecule has 35 heavy (non-hydrogen) atoms. The Morgan fingerprint density at radius 1 is 1.09 bits per heavy atom. The molecule has 2 aliphatic heterocycles. The van der Waals surface area contributed by atoms with Crippen LogP contribution in [0.5, 0.6) is 23.0 Å². The van der Waals surface area contributed by atoms with Crippen molar-refractivity contribution >= 4 is 41.2 Å². The summed E-state index contributed by atoms with van der Waals surface area (Å²) in [5.74, 6) is 0.229. The molecule has 0 radical (unpaired) electrons. The van der Waals surface area contributed by atoms with Crippen LogP contribution in [0.2, 0.25) is 5.02 Å². The molecule has 2 aromatic carbocycles. The van der Waals surface area contributed by atoms with Crippen molar-refractivity contribution in [3.05, 3.63) is 63.9 Å². The van der Waals surface area contributed by atoms with Crippen molar-refractivity contribution in [2.45, 2.75) is 6.92 Å². The van der Waals surface area contributed by atoms with Crippen LogP contribution < -0.4 is 18.9 Å². The van der Waals surface area contributed by atoms with Crippen LogP contribution in [0.15, 0.2) is 52.7 Å². The summed E-state index contributed by atoms with van der Waals surface area (Å²) in [4.78, 5) is 34.6. The number of carbonyl (C=O) groups excluding carboxylic acids is 2. The van der Waals surface area contributed by atoms with Crippen molar-refractivity contribution in [3.63, 3.8) is 0 Å². The maximum absolute atomic E-state index is 12.8. The van der Waals surface area contributed by atoms with E-state index in [2.05, 4.69) is 4.99 Å². The maximum Gasteiger partial charge on any atom is 0.343 e. The predicted molar refractivity (Wildman–Crippen MR) is 127 cm³/mol. The number of carbonyl (C=O) groups is 2. The summed E-state index contributed by atoms with van der Waals surface area (Å²) in [5, 5.41) is 9.54. The third-order valence-electron chi connectivity index (χ3n) is 5.06. The fourth-order valence-corrected chi connectivity index (χ4v) is 3.66. The Labute approximate surface area is 205 Å². The number of esters is 1. The summed E-state index contributed by atoms with van der Waals surface area (Å²) < 4.78 is 21.3. The van der Waals surface area contributed by atoms with Gasteiger partial charge in [0.05, 0.1) is 37.5 Å². The van der Waals surface area contributed by atoms with Gasteiger partial charge in [0.1, 0.15) is 5.76 Å². The van der Waals surface area contributed by atoms with Gasteiger partial charge in [0, 0.05) is 6.08 Å². The number of nitrogens with one attached hydrogen (secondary N) is 1. The number of hydroxylamine groups is 2. The zero-order chi connectivity index (χ0) is 25.3. The van der Waals surface area contributed by atoms with Gasteiger partial charge < -0.3 is 23.8 Å². The van der Waals surface area contributed by atoms with Crippen LogP contribution in [0.1, 0.15) is 22.8 Å². The van der Waals surface area contributed by atoms with Crippen molar-refractivity contribution < 1.29 is 33.4 Å². The van der Waals surface area contributed by atoms with Crippen molar-refractivity contribution in [2.75, 3.05) is 21.3 Å².